The van der Waals surface area contributed by atoms with E-state index in [1.54, 1.807) is 32.1 Å². The summed E-state index contributed by atoms with van der Waals surface area (Å²) < 4.78 is 14.1. The number of anilines is 1. The zero-order valence-corrected chi connectivity index (χ0v) is 17.6. The number of aliphatic imine (C=N–C) groups is 1. The van der Waals surface area contributed by atoms with Crippen LogP contribution < -0.4 is 15.5 Å². The van der Waals surface area contributed by atoms with E-state index in [9.17, 15) is 14.0 Å². The summed E-state index contributed by atoms with van der Waals surface area (Å²) in [4.78, 5) is 32.7. The molecule has 2 bridgehead atoms. The van der Waals surface area contributed by atoms with E-state index in [2.05, 4.69) is 27.8 Å². The normalized spacial score (nSPS) is 27.1. The molecular formula is C22H28FN5O2. The molecule has 2 aliphatic carbocycles. The van der Waals surface area contributed by atoms with Gasteiger partial charge in [-0.1, -0.05) is 18.2 Å². The van der Waals surface area contributed by atoms with E-state index < -0.39 is 0 Å². The molecule has 8 heteroatoms. The first kappa shape index (κ1) is 20.4. The molecule has 30 heavy (non-hydrogen) atoms. The van der Waals surface area contributed by atoms with Crippen LogP contribution in [-0.4, -0.2) is 56.9 Å². The molecule has 1 heterocycles. The molecule has 0 radical (unpaired) electrons. The van der Waals surface area contributed by atoms with Gasteiger partial charge in [0.2, 0.25) is 11.8 Å². The molecule has 4 atom stereocenters. The van der Waals surface area contributed by atoms with Crippen LogP contribution in [0.3, 0.4) is 0 Å². The predicted molar refractivity (Wildman–Crippen MR) is 113 cm³/mol. The Balaban J connectivity index is 1.27. The van der Waals surface area contributed by atoms with Crippen molar-refractivity contribution in [3.63, 3.8) is 0 Å². The highest BCUT2D eigenvalue weighted by Crippen LogP contribution is 2.52. The molecule has 2 N–H and O–H groups in total. The smallest absolute Gasteiger partial charge is 0.233 e. The van der Waals surface area contributed by atoms with Gasteiger partial charge in [0.1, 0.15) is 5.82 Å². The predicted octanol–water partition coefficient (Wildman–Crippen LogP) is 1.36. The van der Waals surface area contributed by atoms with Crippen molar-refractivity contribution in [2.75, 3.05) is 39.1 Å². The van der Waals surface area contributed by atoms with Crippen molar-refractivity contribution in [2.24, 2.45) is 28.7 Å². The van der Waals surface area contributed by atoms with Crippen molar-refractivity contribution in [2.45, 2.75) is 13.0 Å². The van der Waals surface area contributed by atoms with Crippen molar-refractivity contribution in [3.05, 3.63) is 41.7 Å². The molecule has 1 aromatic rings. The second-order valence-corrected chi connectivity index (χ2v) is 8.36. The van der Waals surface area contributed by atoms with E-state index in [1.165, 1.54) is 11.0 Å². The number of nitrogens with zero attached hydrogens (tertiary/aromatic N) is 3. The summed E-state index contributed by atoms with van der Waals surface area (Å²) in [6.45, 7) is 1.13. The quantitative estimate of drug-likeness (QED) is 0.319. The van der Waals surface area contributed by atoms with Crippen molar-refractivity contribution in [1.82, 2.24) is 15.5 Å². The lowest BCUT2D eigenvalue weighted by Gasteiger charge is -2.19. The van der Waals surface area contributed by atoms with E-state index in [-0.39, 0.29) is 41.3 Å². The number of nitrogens with one attached hydrogen (secondary N) is 2. The molecule has 2 amide bonds. The monoisotopic (exact) mass is 413 g/mol. The van der Waals surface area contributed by atoms with Gasteiger partial charge >= 0.3 is 0 Å². The van der Waals surface area contributed by atoms with Gasteiger partial charge in [-0.3, -0.25) is 19.5 Å². The molecule has 1 aliphatic heterocycles. The number of amides is 2. The lowest BCUT2D eigenvalue weighted by atomic mass is 9.85. The molecule has 3 aliphatic rings. The highest BCUT2D eigenvalue weighted by atomic mass is 19.1. The van der Waals surface area contributed by atoms with E-state index >= 15 is 0 Å². The summed E-state index contributed by atoms with van der Waals surface area (Å²) >= 11 is 0. The van der Waals surface area contributed by atoms with Gasteiger partial charge in [0, 0.05) is 40.8 Å². The summed E-state index contributed by atoms with van der Waals surface area (Å²) in [5.74, 6) is 0.308. The number of allylic oxidation sites excluding steroid dienone is 2. The molecular weight excluding hydrogens is 385 g/mol. The van der Waals surface area contributed by atoms with Crippen molar-refractivity contribution in [3.8, 4) is 0 Å². The van der Waals surface area contributed by atoms with E-state index in [0.29, 0.717) is 31.3 Å². The number of hydrogen-bond acceptors (Lipinski definition) is 4. The number of imide groups is 1. The topological polar surface area (TPSA) is 77.0 Å². The fraction of sp³-hybridized carbons (Fsp3) is 0.500. The average Bonchev–Trinajstić information content (AvgIpc) is 3.39. The van der Waals surface area contributed by atoms with Crippen molar-refractivity contribution < 1.29 is 14.0 Å². The first-order valence-electron chi connectivity index (χ1n) is 10.3. The summed E-state index contributed by atoms with van der Waals surface area (Å²) in [6.07, 6.45) is 5.13. The maximum atomic E-state index is 14.1. The first-order valence-corrected chi connectivity index (χ1v) is 10.3. The fourth-order valence-corrected chi connectivity index (χ4v) is 4.90. The Bertz CT molecular complexity index is 883. The number of likely N-dealkylation sites (tertiary alicyclic amines) is 1. The molecule has 1 saturated carbocycles. The first-order chi connectivity index (χ1) is 14.4. The highest BCUT2D eigenvalue weighted by Gasteiger charge is 2.58. The van der Waals surface area contributed by atoms with Gasteiger partial charge in [0.15, 0.2) is 5.96 Å². The number of fused-ring (bicyclic) bond motifs is 5. The Morgan fingerprint density at radius 1 is 1.17 bits per heavy atom. The lowest BCUT2D eigenvalue weighted by Crippen LogP contribution is -2.43. The van der Waals surface area contributed by atoms with Gasteiger partial charge in [-0.2, -0.15) is 0 Å². The number of rotatable bonds is 6. The lowest BCUT2D eigenvalue weighted by molar-refractivity contribution is -0.140. The Kier molecular flexibility index (Phi) is 5.49. The minimum Gasteiger partial charge on any atom is -0.375 e. The molecule has 7 nitrogen and oxygen atoms in total. The fourth-order valence-electron chi connectivity index (χ4n) is 4.90. The summed E-state index contributed by atoms with van der Waals surface area (Å²) in [5.41, 5.74) is 1.33. The molecule has 2 fully saturated rings. The maximum Gasteiger partial charge on any atom is 0.233 e. The molecule has 4 rings (SSSR count). The number of halogens is 1. The van der Waals surface area contributed by atoms with Crippen LogP contribution in [0.15, 0.2) is 35.3 Å². The van der Waals surface area contributed by atoms with Gasteiger partial charge in [0.05, 0.1) is 17.5 Å². The average molecular weight is 413 g/mol. The standard InChI is InChI=1S/C22H28FN5O2/c1-24-22(26-12-13-4-7-17(27(2)3)16(23)10-13)25-8-9-28-20(29)18-14-5-6-15(11-14)19(18)21(28)30/h4-7,10,14-15,18-19H,8-9,11-12H2,1-3H3,(H2,24,25,26). The Hall–Kier alpha value is -2.90. The molecule has 0 aromatic heterocycles. The van der Waals surface area contributed by atoms with Crippen LogP contribution in [0.25, 0.3) is 0 Å². The van der Waals surface area contributed by atoms with Gasteiger partial charge in [-0.05, 0) is 36.0 Å². The van der Waals surface area contributed by atoms with Gasteiger partial charge in [-0.25, -0.2) is 4.39 Å². The van der Waals surface area contributed by atoms with Gasteiger partial charge in [-0.15, -0.1) is 0 Å². The molecule has 1 aromatic carbocycles. The Morgan fingerprint density at radius 2 is 1.83 bits per heavy atom. The number of benzene rings is 1. The minimum absolute atomic E-state index is 0.0388. The summed E-state index contributed by atoms with van der Waals surface area (Å²) in [7, 11) is 5.24. The van der Waals surface area contributed by atoms with Crippen LogP contribution in [0.2, 0.25) is 0 Å². The van der Waals surface area contributed by atoms with Crippen LogP contribution in [0.1, 0.15) is 12.0 Å². The largest absolute Gasteiger partial charge is 0.375 e. The number of carbonyl (C=O) groups excluding carboxylic acids is 2. The highest BCUT2D eigenvalue weighted by molar-refractivity contribution is 6.06. The van der Waals surface area contributed by atoms with Crippen molar-refractivity contribution >= 4 is 23.5 Å². The van der Waals surface area contributed by atoms with Crippen LogP contribution in [-0.2, 0) is 16.1 Å². The molecule has 1 saturated heterocycles. The molecule has 160 valence electrons. The third-order valence-electron chi connectivity index (χ3n) is 6.37. The second-order valence-electron chi connectivity index (χ2n) is 8.36. The van der Waals surface area contributed by atoms with E-state index in [1.807, 2.05) is 6.07 Å². The van der Waals surface area contributed by atoms with Gasteiger partial charge in [0.25, 0.3) is 0 Å². The summed E-state index contributed by atoms with van der Waals surface area (Å²) in [6, 6.07) is 5.10. The zero-order chi connectivity index (χ0) is 21.4. The zero-order valence-electron chi connectivity index (χ0n) is 17.6. The van der Waals surface area contributed by atoms with E-state index in [4.69, 9.17) is 0 Å². The van der Waals surface area contributed by atoms with Crippen LogP contribution in [0, 0.1) is 29.5 Å². The third-order valence-corrected chi connectivity index (χ3v) is 6.37. The van der Waals surface area contributed by atoms with Crippen LogP contribution >= 0.6 is 0 Å². The third kappa shape index (κ3) is 3.55. The number of carbonyl (C=O) groups is 2. The van der Waals surface area contributed by atoms with Crippen molar-refractivity contribution in [1.29, 1.82) is 0 Å². The number of guanidine groups is 1. The molecule has 0 spiro atoms. The SMILES string of the molecule is CN=C(NCCN1C(=O)C2C3C=CC(C3)C2C1=O)NCc1ccc(N(C)C)c(F)c1. The Morgan fingerprint density at radius 3 is 2.40 bits per heavy atom. The van der Waals surface area contributed by atoms with Gasteiger partial charge < -0.3 is 15.5 Å². The molecule has 4 unspecified atom stereocenters. The Labute approximate surface area is 176 Å². The minimum atomic E-state index is -0.276. The maximum absolute atomic E-state index is 14.1. The van der Waals surface area contributed by atoms with Crippen LogP contribution in [0.5, 0.6) is 0 Å². The van der Waals surface area contributed by atoms with E-state index in [0.717, 1.165) is 12.0 Å². The second kappa shape index (κ2) is 8.08. The van der Waals surface area contributed by atoms with Crippen LogP contribution in [0.4, 0.5) is 10.1 Å². The summed E-state index contributed by atoms with van der Waals surface area (Å²) in [5, 5.41) is 6.26. The number of hydrogen-bond donors (Lipinski definition) is 2.